The van der Waals surface area contributed by atoms with E-state index in [1.165, 1.54) is 0 Å². The summed E-state index contributed by atoms with van der Waals surface area (Å²) in [7, 11) is 0. The Hall–Kier alpha value is -3.42. The number of nitrogens with zero attached hydrogens (tertiary/aromatic N) is 5. The Morgan fingerprint density at radius 1 is 1.07 bits per heavy atom. The summed E-state index contributed by atoms with van der Waals surface area (Å²) in [6, 6.07) is 7.42. The maximum absolute atomic E-state index is 13.5. The summed E-state index contributed by atoms with van der Waals surface area (Å²) in [5.41, 5.74) is 2.14. The van der Waals surface area contributed by atoms with E-state index in [0.29, 0.717) is 28.8 Å². The molecule has 0 spiro atoms. The first-order valence-electron chi connectivity index (χ1n) is 10.0. The van der Waals surface area contributed by atoms with Crippen molar-refractivity contribution in [3.63, 3.8) is 0 Å². The van der Waals surface area contributed by atoms with Crippen molar-refractivity contribution in [2.24, 2.45) is 5.92 Å². The van der Waals surface area contributed by atoms with Crippen LogP contribution in [0, 0.1) is 18.7 Å². The fourth-order valence-corrected chi connectivity index (χ4v) is 4.52. The normalized spacial score (nSPS) is 22.3. The van der Waals surface area contributed by atoms with Gasteiger partial charge in [-0.2, -0.15) is 0 Å². The molecule has 5 rings (SSSR count). The average Bonchev–Trinajstić information content (AvgIpc) is 3.36. The Labute approximate surface area is 173 Å². The number of carbonyl (C=O) groups excluding carboxylic acids is 1. The molecule has 7 nitrogen and oxygen atoms in total. The minimum Gasteiger partial charge on any atom is -0.349 e. The van der Waals surface area contributed by atoms with Gasteiger partial charge in [0.25, 0.3) is 5.91 Å². The molecule has 2 fully saturated rings. The molecule has 2 aliphatic rings. The van der Waals surface area contributed by atoms with Gasteiger partial charge in [0.05, 0.1) is 24.0 Å². The summed E-state index contributed by atoms with van der Waals surface area (Å²) in [6.45, 7) is 2.68. The molecule has 3 heterocycles. The van der Waals surface area contributed by atoms with Crippen LogP contribution in [0.25, 0.3) is 11.4 Å². The van der Waals surface area contributed by atoms with Crippen LogP contribution in [0.3, 0.4) is 0 Å². The van der Waals surface area contributed by atoms with Crippen molar-refractivity contribution in [2.45, 2.75) is 31.8 Å². The van der Waals surface area contributed by atoms with Gasteiger partial charge in [-0.05, 0) is 37.3 Å². The zero-order chi connectivity index (χ0) is 20.7. The summed E-state index contributed by atoms with van der Waals surface area (Å²) in [5, 5.41) is 3.41. The van der Waals surface area contributed by atoms with E-state index in [0.717, 1.165) is 37.3 Å². The molecule has 1 saturated carbocycles. The fourth-order valence-electron chi connectivity index (χ4n) is 4.52. The van der Waals surface area contributed by atoms with Crippen molar-refractivity contribution >= 4 is 11.9 Å². The molecule has 8 heteroatoms. The Kier molecular flexibility index (Phi) is 4.61. The zero-order valence-corrected chi connectivity index (χ0v) is 16.5. The van der Waals surface area contributed by atoms with Crippen LogP contribution in [0.5, 0.6) is 0 Å². The second-order valence-corrected chi connectivity index (χ2v) is 7.97. The first-order chi connectivity index (χ1) is 14.6. The van der Waals surface area contributed by atoms with Gasteiger partial charge in [-0.25, -0.2) is 24.3 Å². The highest BCUT2D eigenvalue weighted by atomic mass is 19.1. The third-order valence-corrected chi connectivity index (χ3v) is 5.86. The third-order valence-electron chi connectivity index (χ3n) is 5.86. The van der Waals surface area contributed by atoms with Crippen molar-refractivity contribution in [3.8, 4) is 11.4 Å². The second-order valence-electron chi connectivity index (χ2n) is 7.97. The SMILES string of the molecule is Cc1cnc(NC2CC3CC2N(C(=O)c2ccccc2-c2ncc(F)cn2)C3)nc1. The summed E-state index contributed by atoms with van der Waals surface area (Å²) in [5.74, 6) is 0.822. The van der Waals surface area contributed by atoms with Gasteiger partial charge in [0.2, 0.25) is 5.95 Å². The lowest BCUT2D eigenvalue weighted by Crippen LogP contribution is -2.48. The van der Waals surface area contributed by atoms with Crippen LogP contribution >= 0.6 is 0 Å². The van der Waals surface area contributed by atoms with Gasteiger partial charge in [0.15, 0.2) is 11.6 Å². The van der Waals surface area contributed by atoms with Crippen LogP contribution in [0.15, 0.2) is 49.1 Å². The largest absolute Gasteiger partial charge is 0.349 e. The molecule has 3 atom stereocenters. The highest BCUT2D eigenvalue weighted by molar-refractivity contribution is 6.00. The molecule has 3 unspecified atom stereocenters. The molecular weight excluding hydrogens is 383 g/mol. The van der Waals surface area contributed by atoms with Crippen LogP contribution in [0.1, 0.15) is 28.8 Å². The van der Waals surface area contributed by atoms with E-state index >= 15 is 0 Å². The van der Waals surface area contributed by atoms with E-state index in [9.17, 15) is 9.18 Å². The van der Waals surface area contributed by atoms with Crippen molar-refractivity contribution in [2.75, 3.05) is 11.9 Å². The number of hydrogen-bond donors (Lipinski definition) is 1. The minimum atomic E-state index is -0.508. The zero-order valence-electron chi connectivity index (χ0n) is 16.5. The number of amides is 1. The molecule has 3 aromatic rings. The molecule has 1 aliphatic heterocycles. The molecule has 1 N–H and O–H groups in total. The third kappa shape index (κ3) is 3.38. The van der Waals surface area contributed by atoms with Gasteiger partial charge in [-0.15, -0.1) is 0 Å². The number of fused-ring (bicyclic) bond motifs is 2. The van der Waals surface area contributed by atoms with Crippen molar-refractivity contribution in [3.05, 3.63) is 66.0 Å². The van der Waals surface area contributed by atoms with Crippen LogP contribution in [-0.4, -0.2) is 49.4 Å². The lowest BCUT2D eigenvalue weighted by molar-refractivity contribution is 0.0692. The summed E-state index contributed by atoms with van der Waals surface area (Å²) in [6.07, 6.45) is 7.75. The molecule has 2 aromatic heterocycles. The molecule has 2 bridgehead atoms. The smallest absolute Gasteiger partial charge is 0.254 e. The Morgan fingerprint density at radius 3 is 2.53 bits per heavy atom. The first-order valence-corrected chi connectivity index (χ1v) is 10.0. The maximum atomic E-state index is 13.5. The second kappa shape index (κ2) is 7.44. The highest BCUT2D eigenvalue weighted by Gasteiger charge is 2.47. The van der Waals surface area contributed by atoms with Gasteiger partial charge >= 0.3 is 0 Å². The average molecular weight is 404 g/mol. The number of benzene rings is 1. The van der Waals surface area contributed by atoms with Crippen molar-refractivity contribution in [1.29, 1.82) is 0 Å². The Morgan fingerprint density at radius 2 is 1.80 bits per heavy atom. The van der Waals surface area contributed by atoms with Gasteiger partial charge in [-0.3, -0.25) is 4.79 Å². The van der Waals surface area contributed by atoms with Crippen LogP contribution in [0.4, 0.5) is 10.3 Å². The summed E-state index contributed by atoms with van der Waals surface area (Å²) >= 11 is 0. The van der Waals surface area contributed by atoms with E-state index in [4.69, 9.17) is 0 Å². The molecule has 0 radical (unpaired) electrons. The van der Waals surface area contributed by atoms with Gasteiger partial charge in [-0.1, -0.05) is 18.2 Å². The van der Waals surface area contributed by atoms with Crippen LogP contribution in [-0.2, 0) is 0 Å². The molecule has 30 heavy (non-hydrogen) atoms. The van der Waals surface area contributed by atoms with Crippen LogP contribution < -0.4 is 5.32 Å². The number of carbonyl (C=O) groups is 1. The number of anilines is 1. The van der Waals surface area contributed by atoms with E-state index < -0.39 is 5.82 Å². The number of likely N-dealkylation sites (tertiary alicyclic amines) is 1. The summed E-state index contributed by atoms with van der Waals surface area (Å²) < 4.78 is 13.2. The molecule has 1 aromatic carbocycles. The lowest BCUT2D eigenvalue weighted by Gasteiger charge is -2.34. The first kappa shape index (κ1) is 18.6. The van der Waals surface area contributed by atoms with E-state index in [1.807, 2.05) is 24.0 Å². The highest BCUT2D eigenvalue weighted by Crippen LogP contribution is 2.40. The van der Waals surface area contributed by atoms with Crippen molar-refractivity contribution in [1.82, 2.24) is 24.8 Å². The molecule has 1 amide bonds. The number of aromatic nitrogens is 4. The van der Waals surface area contributed by atoms with Gasteiger partial charge in [0, 0.05) is 30.5 Å². The van der Waals surface area contributed by atoms with Gasteiger partial charge in [0.1, 0.15) is 0 Å². The predicted molar refractivity (Wildman–Crippen MR) is 109 cm³/mol. The minimum absolute atomic E-state index is 0.0534. The fraction of sp³-hybridized carbons (Fsp3) is 0.318. The number of halogens is 1. The van der Waals surface area contributed by atoms with E-state index in [2.05, 4.69) is 25.3 Å². The number of aryl methyl sites for hydroxylation is 1. The molecule has 1 saturated heterocycles. The van der Waals surface area contributed by atoms with E-state index in [1.54, 1.807) is 24.5 Å². The Bertz CT molecular complexity index is 1070. The standard InChI is InChI=1S/C22H21FN6O/c1-13-8-26-22(27-9-13)28-18-6-14-7-19(18)29(12-14)21(30)17-5-3-2-4-16(17)20-24-10-15(23)11-25-20/h2-5,8-11,14,18-19H,6-7,12H2,1H3,(H,26,27,28). The summed E-state index contributed by atoms with van der Waals surface area (Å²) in [4.78, 5) is 32.2. The van der Waals surface area contributed by atoms with Gasteiger partial charge < -0.3 is 10.2 Å². The molecule has 152 valence electrons. The number of nitrogens with one attached hydrogen (secondary N) is 1. The lowest BCUT2D eigenvalue weighted by atomic mass is 10.0. The molecule has 1 aliphatic carbocycles. The number of piperidine rings is 1. The number of hydrogen-bond acceptors (Lipinski definition) is 6. The molecular formula is C22H21FN6O. The predicted octanol–water partition coefficient (Wildman–Crippen LogP) is 3.10. The maximum Gasteiger partial charge on any atom is 0.254 e. The quantitative estimate of drug-likeness (QED) is 0.719. The topological polar surface area (TPSA) is 83.9 Å². The monoisotopic (exact) mass is 404 g/mol. The van der Waals surface area contributed by atoms with E-state index in [-0.39, 0.29) is 18.0 Å². The van der Waals surface area contributed by atoms with Crippen LogP contribution in [0.2, 0.25) is 0 Å². The number of rotatable bonds is 4. The van der Waals surface area contributed by atoms with Crippen molar-refractivity contribution < 1.29 is 9.18 Å². The Balaban J connectivity index is 1.39.